The van der Waals surface area contributed by atoms with Crippen molar-refractivity contribution in [3.05, 3.63) is 54.1 Å². The highest BCUT2D eigenvalue weighted by Gasteiger charge is 2.23. The van der Waals surface area contributed by atoms with Crippen LogP contribution in [0.4, 0.5) is 5.82 Å². The summed E-state index contributed by atoms with van der Waals surface area (Å²) < 4.78 is 7.41. The Morgan fingerprint density at radius 1 is 1.22 bits per heavy atom. The van der Waals surface area contributed by atoms with E-state index in [2.05, 4.69) is 44.3 Å². The lowest BCUT2D eigenvalue weighted by Gasteiger charge is -2.35. The zero-order chi connectivity index (χ0) is 18.5. The predicted molar refractivity (Wildman–Crippen MR) is 105 cm³/mol. The number of fused-ring (bicyclic) bond motifs is 1. The van der Waals surface area contributed by atoms with Crippen molar-refractivity contribution in [2.75, 3.05) is 38.2 Å². The molecule has 1 aliphatic rings. The quantitative estimate of drug-likeness (QED) is 0.693. The second-order valence-corrected chi connectivity index (χ2v) is 6.82. The van der Waals surface area contributed by atoms with Gasteiger partial charge in [0.2, 0.25) is 0 Å². The van der Waals surface area contributed by atoms with Crippen molar-refractivity contribution in [3.8, 4) is 0 Å². The number of morpholine rings is 1. The van der Waals surface area contributed by atoms with Gasteiger partial charge in [0.1, 0.15) is 5.82 Å². The maximum absolute atomic E-state index is 5.54. The van der Waals surface area contributed by atoms with Crippen LogP contribution in [-0.2, 0) is 11.2 Å². The molecule has 142 valence electrons. The van der Waals surface area contributed by atoms with E-state index in [-0.39, 0.29) is 6.04 Å². The van der Waals surface area contributed by atoms with Gasteiger partial charge in [-0.25, -0.2) is 4.98 Å². The summed E-state index contributed by atoms with van der Waals surface area (Å²) in [5, 5.41) is 8.05. The number of pyridine rings is 1. The molecule has 3 aromatic heterocycles. The lowest BCUT2D eigenvalue weighted by molar-refractivity contribution is 0.0186. The summed E-state index contributed by atoms with van der Waals surface area (Å²) >= 11 is 0. The SMILES string of the molecule is CCCc1cc(NCC(c2cccnc2)N2CCOCC2)n2nccc2n1. The van der Waals surface area contributed by atoms with Crippen molar-refractivity contribution in [3.63, 3.8) is 0 Å². The first-order valence-electron chi connectivity index (χ1n) is 9.64. The Morgan fingerprint density at radius 2 is 2.11 bits per heavy atom. The van der Waals surface area contributed by atoms with Crippen molar-refractivity contribution >= 4 is 11.5 Å². The van der Waals surface area contributed by atoms with Gasteiger partial charge in [-0.2, -0.15) is 9.61 Å². The van der Waals surface area contributed by atoms with Gasteiger partial charge < -0.3 is 10.1 Å². The van der Waals surface area contributed by atoms with E-state index in [0.29, 0.717) is 0 Å². The average molecular weight is 366 g/mol. The van der Waals surface area contributed by atoms with Gasteiger partial charge in [0.05, 0.1) is 25.5 Å². The molecule has 27 heavy (non-hydrogen) atoms. The van der Waals surface area contributed by atoms with Crippen LogP contribution < -0.4 is 5.32 Å². The van der Waals surface area contributed by atoms with Crippen molar-refractivity contribution in [1.82, 2.24) is 24.5 Å². The van der Waals surface area contributed by atoms with Gasteiger partial charge in [0, 0.05) is 49.9 Å². The second kappa shape index (κ2) is 8.45. The number of rotatable bonds is 7. The number of ether oxygens (including phenoxy) is 1. The number of aryl methyl sites for hydroxylation is 1. The molecule has 1 fully saturated rings. The standard InChI is InChI=1S/C20H26N6O/c1-2-4-17-13-20(26-19(24-17)6-8-23-26)22-15-18(16-5-3-7-21-14-16)25-9-11-27-12-10-25/h3,5-8,13-14,18,22H,2,4,9-12,15H2,1H3. The molecule has 1 saturated heterocycles. The predicted octanol–water partition coefficient (Wildman–Crippen LogP) is 2.56. The fourth-order valence-corrected chi connectivity index (χ4v) is 3.60. The van der Waals surface area contributed by atoms with Gasteiger partial charge in [0.25, 0.3) is 0 Å². The third-order valence-electron chi connectivity index (χ3n) is 4.95. The minimum Gasteiger partial charge on any atom is -0.379 e. The molecule has 0 bridgehead atoms. The molecule has 7 heteroatoms. The molecule has 0 aromatic carbocycles. The molecular formula is C20H26N6O. The van der Waals surface area contributed by atoms with Crippen molar-refractivity contribution in [1.29, 1.82) is 0 Å². The Morgan fingerprint density at radius 3 is 2.89 bits per heavy atom. The average Bonchev–Trinajstić information content (AvgIpc) is 3.19. The fourth-order valence-electron chi connectivity index (χ4n) is 3.60. The van der Waals surface area contributed by atoms with E-state index in [4.69, 9.17) is 4.74 Å². The fraction of sp³-hybridized carbons (Fsp3) is 0.450. The van der Waals surface area contributed by atoms with Gasteiger partial charge in [-0.3, -0.25) is 9.88 Å². The van der Waals surface area contributed by atoms with Gasteiger partial charge >= 0.3 is 0 Å². The number of hydrogen-bond donors (Lipinski definition) is 1. The number of anilines is 1. The minimum absolute atomic E-state index is 0.232. The van der Waals surface area contributed by atoms with Crippen molar-refractivity contribution in [2.24, 2.45) is 0 Å². The van der Waals surface area contributed by atoms with Gasteiger partial charge in [-0.1, -0.05) is 19.4 Å². The van der Waals surface area contributed by atoms with Gasteiger partial charge in [0.15, 0.2) is 5.65 Å². The molecule has 1 aliphatic heterocycles. The monoisotopic (exact) mass is 366 g/mol. The largest absolute Gasteiger partial charge is 0.379 e. The third kappa shape index (κ3) is 4.09. The smallest absolute Gasteiger partial charge is 0.157 e. The number of aromatic nitrogens is 4. The first-order valence-corrected chi connectivity index (χ1v) is 9.64. The molecule has 0 saturated carbocycles. The van der Waals surface area contributed by atoms with Crippen LogP contribution in [0.1, 0.15) is 30.6 Å². The molecular weight excluding hydrogens is 340 g/mol. The summed E-state index contributed by atoms with van der Waals surface area (Å²) in [4.78, 5) is 11.5. The van der Waals surface area contributed by atoms with Crippen LogP contribution in [0.5, 0.6) is 0 Å². The van der Waals surface area contributed by atoms with E-state index in [1.807, 2.05) is 29.0 Å². The minimum atomic E-state index is 0.232. The van der Waals surface area contributed by atoms with E-state index < -0.39 is 0 Å². The summed E-state index contributed by atoms with van der Waals surface area (Å²) in [7, 11) is 0. The van der Waals surface area contributed by atoms with Crippen LogP contribution in [0.2, 0.25) is 0 Å². The highest BCUT2D eigenvalue weighted by Crippen LogP contribution is 2.23. The molecule has 0 spiro atoms. The molecule has 0 amide bonds. The van der Waals surface area contributed by atoms with Crippen LogP contribution in [0.3, 0.4) is 0 Å². The Kier molecular flexibility index (Phi) is 5.60. The van der Waals surface area contributed by atoms with E-state index in [9.17, 15) is 0 Å². The molecule has 1 N–H and O–H groups in total. The lowest BCUT2D eigenvalue weighted by Crippen LogP contribution is -2.41. The maximum Gasteiger partial charge on any atom is 0.157 e. The highest BCUT2D eigenvalue weighted by molar-refractivity contribution is 5.49. The number of nitrogens with zero attached hydrogens (tertiary/aromatic N) is 5. The Labute approximate surface area is 159 Å². The van der Waals surface area contributed by atoms with Gasteiger partial charge in [-0.05, 0) is 18.1 Å². The third-order valence-corrected chi connectivity index (χ3v) is 4.95. The first-order chi connectivity index (χ1) is 13.3. The summed E-state index contributed by atoms with van der Waals surface area (Å²) in [6.07, 6.45) is 7.61. The summed E-state index contributed by atoms with van der Waals surface area (Å²) in [6, 6.07) is 8.44. The Balaban J connectivity index is 1.58. The molecule has 1 atom stereocenters. The highest BCUT2D eigenvalue weighted by atomic mass is 16.5. The Bertz CT molecular complexity index is 859. The van der Waals surface area contributed by atoms with Gasteiger partial charge in [-0.15, -0.1) is 0 Å². The normalized spacial score (nSPS) is 16.5. The van der Waals surface area contributed by atoms with Crippen molar-refractivity contribution in [2.45, 2.75) is 25.8 Å². The van der Waals surface area contributed by atoms with Crippen LogP contribution >= 0.6 is 0 Å². The summed E-state index contributed by atoms with van der Waals surface area (Å²) in [6.45, 7) is 6.35. The van der Waals surface area contributed by atoms with E-state index in [1.165, 1.54) is 5.56 Å². The van der Waals surface area contributed by atoms with Crippen LogP contribution in [0, 0.1) is 0 Å². The van der Waals surface area contributed by atoms with Crippen molar-refractivity contribution < 1.29 is 4.74 Å². The first kappa shape index (κ1) is 17.9. The van der Waals surface area contributed by atoms with E-state index >= 15 is 0 Å². The van der Waals surface area contributed by atoms with Crippen LogP contribution in [0.25, 0.3) is 5.65 Å². The molecule has 3 aromatic rings. The molecule has 0 aliphatic carbocycles. The van der Waals surface area contributed by atoms with Crippen LogP contribution in [0.15, 0.2) is 42.9 Å². The number of nitrogens with one attached hydrogen (secondary N) is 1. The molecule has 1 unspecified atom stereocenters. The molecule has 4 rings (SSSR count). The van der Waals surface area contributed by atoms with E-state index in [0.717, 1.165) is 62.8 Å². The molecule has 7 nitrogen and oxygen atoms in total. The zero-order valence-corrected chi connectivity index (χ0v) is 15.7. The number of hydrogen-bond acceptors (Lipinski definition) is 6. The lowest BCUT2D eigenvalue weighted by atomic mass is 10.1. The summed E-state index contributed by atoms with van der Waals surface area (Å²) in [5.41, 5.74) is 3.19. The molecule has 0 radical (unpaired) electrons. The zero-order valence-electron chi connectivity index (χ0n) is 15.7. The van der Waals surface area contributed by atoms with Crippen LogP contribution in [-0.4, -0.2) is 57.3 Å². The maximum atomic E-state index is 5.54. The van der Waals surface area contributed by atoms with E-state index in [1.54, 1.807) is 6.20 Å². The molecule has 4 heterocycles. The summed E-state index contributed by atoms with van der Waals surface area (Å²) in [5.74, 6) is 0.982. The second-order valence-electron chi connectivity index (χ2n) is 6.82. The Hall–Kier alpha value is -2.51. The topological polar surface area (TPSA) is 67.6 Å².